The molecule has 0 unspecified atom stereocenters. The molecule has 0 aliphatic carbocycles. The molecule has 0 aromatic carbocycles. The Morgan fingerprint density at radius 1 is 1.17 bits per heavy atom. The van der Waals surface area contributed by atoms with E-state index in [1.54, 1.807) is 4.90 Å². The Kier molecular flexibility index (Phi) is 5.58. The fourth-order valence-corrected chi connectivity index (χ4v) is 3.19. The third-order valence-corrected chi connectivity index (χ3v) is 4.53. The molecular formula is C15H25N5O3. The number of carbonyl (C=O) groups is 1. The van der Waals surface area contributed by atoms with Crippen molar-refractivity contribution in [3.63, 3.8) is 0 Å². The summed E-state index contributed by atoms with van der Waals surface area (Å²) in [5.74, 6) is -0.249. The lowest BCUT2D eigenvalue weighted by atomic mass is 10.3. The summed E-state index contributed by atoms with van der Waals surface area (Å²) in [7, 11) is 0. The molecule has 1 amide bonds. The van der Waals surface area contributed by atoms with E-state index in [1.807, 2.05) is 4.68 Å². The van der Waals surface area contributed by atoms with Crippen LogP contribution in [0.3, 0.4) is 0 Å². The van der Waals surface area contributed by atoms with E-state index in [0.717, 1.165) is 30.9 Å². The summed E-state index contributed by atoms with van der Waals surface area (Å²) >= 11 is 0. The summed E-state index contributed by atoms with van der Waals surface area (Å²) < 4.78 is 7.61. The highest BCUT2D eigenvalue weighted by Gasteiger charge is 2.22. The van der Waals surface area contributed by atoms with E-state index >= 15 is 0 Å². The number of carbonyl (C=O) groups excluding carboxylic acids is 1. The zero-order valence-corrected chi connectivity index (χ0v) is 13.5. The number of ether oxygens (including phenoxy) is 1. The summed E-state index contributed by atoms with van der Waals surface area (Å²) in [6.45, 7) is 5.77. The second-order valence-corrected chi connectivity index (χ2v) is 6.13. The van der Waals surface area contributed by atoms with Crippen LogP contribution < -0.4 is 0 Å². The standard InChI is InChI=1S/C15H25N5O3/c21-11-15(22)19-6-3-7-20-14(10-19)13(16-17-20)12-23-9-8-18-4-1-2-5-18/h21H,1-12H2. The van der Waals surface area contributed by atoms with Gasteiger partial charge in [-0.1, -0.05) is 5.21 Å². The second-order valence-electron chi connectivity index (χ2n) is 6.13. The van der Waals surface area contributed by atoms with Crippen molar-refractivity contribution in [3.05, 3.63) is 11.4 Å². The summed E-state index contributed by atoms with van der Waals surface area (Å²) in [6.07, 6.45) is 3.39. The third kappa shape index (κ3) is 4.07. The van der Waals surface area contributed by atoms with Crippen LogP contribution in [-0.4, -0.2) is 75.2 Å². The zero-order valence-electron chi connectivity index (χ0n) is 13.5. The van der Waals surface area contributed by atoms with Crippen LogP contribution in [0.1, 0.15) is 30.7 Å². The maximum absolute atomic E-state index is 11.8. The molecule has 8 heteroatoms. The van der Waals surface area contributed by atoms with Gasteiger partial charge in [0.1, 0.15) is 12.3 Å². The Bertz CT molecular complexity index is 527. The first-order chi connectivity index (χ1) is 11.3. The molecule has 2 aliphatic heterocycles. The molecule has 0 spiro atoms. The van der Waals surface area contributed by atoms with Crippen LogP contribution in [0.15, 0.2) is 0 Å². The van der Waals surface area contributed by atoms with Crippen LogP contribution in [0, 0.1) is 0 Å². The van der Waals surface area contributed by atoms with Gasteiger partial charge in [0, 0.05) is 19.6 Å². The molecule has 128 valence electrons. The Labute approximate surface area is 136 Å². The van der Waals surface area contributed by atoms with E-state index in [4.69, 9.17) is 9.84 Å². The molecule has 0 radical (unpaired) electrons. The fourth-order valence-electron chi connectivity index (χ4n) is 3.19. The smallest absolute Gasteiger partial charge is 0.248 e. The number of hydrogen-bond acceptors (Lipinski definition) is 6. The van der Waals surface area contributed by atoms with Crippen molar-refractivity contribution in [2.75, 3.05) is 39.4 Å². The van der Waals surface area contributed by atoms with Gasteiger partial charge in [-0.05, 0) is 32.4 Å². The molecule has 1 N–H and O–H groups in total. The van der Waals surface area contributed by atoms with Gasteiger partial charge in [-0.3, -0.25) is 4.79 Å². The van der Waals surface area contributed by atoms with Gasteiger partial charge in [-0.25, -0.2) is 4.68 Å². The van der Waals surface area contributed by atoms with Crippen molar-refractivity contribution in [1.29, 1.82) is 0 Å². The molecule has 1 aromatic rings. The average Bonchev–Trinajstić information content (AvgIpc) is 3.16. The fraction of sp³-hybridized carbons (Fsp3) is 0.800. The highest BCUT2D eigenvalue weighted by atomic mass is 16.5. The predicted octanol–water partition coefficient (Wildman–Crippen LogP) is -0.385. The van der Waals surface area contributed by atoms with Crippen LogP contribution in [0.2, 0.25) is 0 Å². The number of amides is 1. The molecular weight excluding hydrogens is 298 g/mol. The minimum Gasteiger partial charge on any atom is -0.387 e. The summed E-state index contributed by atoms with van der Waals surface area (Å²) in [4.78, 5) is 15.8. The summed E-state index contributed by atoms with van der Waals surface area (Å²) in [6, 6.07) is 0. The number of aliphatic hydroxyl groups excluding tert-OH is 1. The molecule has 1 aromatic heterocycles. The normalized spacial score (nSPS) is 18.9. The molecule has 0 atom stereocenters. The molecule has 2 aliphatic rings. The third-order valence-electron chi connectivity index (χ3n) is 4.53. The van der Waals surface area contributed by atoms with E-state index in [-0.39, 0.29) is 5.91 Å². The number of hydrogen-bond donors (Lipinski definition) is 1. The van der Waals surface area contributed by atoms with Crippen molar-refractivity contribution in [2.24, 2.45) is 0 Å². The monoisotopic (exact) mass is 323 g/mol. The average molecular weight is 323 g/mol. The van der Waals surface area contributed by atoms with Gasteiger partial charge in [0.25, 0.3) is 0 Å². The predicted molar refractivity (Wildman–Crippen MR) is 82.5 cm³/mol. The lowest BCUT2D eigenvalue weighted by molar-refractivity contribution is -0.134. The van der Waals surface area contributed by atoms with Gasteiger partial charge in [-0.15, -0.1) is 5.10 Å². The van der Waals surface area contributed by atoms with Crippen molar-refractivity contribution in [2.45, 2.75) is 39.0 Å². The minimum atomic E-state index is -0.455. The molecule has 1 fully saturated rings. The quantitative estimate of drug-likeness (QED) is 0.718. The second kappa shape index (κ2) is 7.85. The zero-order chi connectivity index (χ0) is 16.1. The van der Waals surface area contributed by atoms with Crippen molar-refractivity contribution < 1.29 is 14.6 Å². The molecule has 3 heterocycles. The molecule has 23 heavy (non-hydrogen) atoms. The molecule has 0 saturated carbocycles. The van der Waals surface area contributed by atoms with E-state index in [1.165, 1.54) is 25.9 Å². The highest BCUT2D eigenvalue weighted by molar-refractivity contribution is 5.77. The molecule has 1 saturated heterocycles. The van der Waals surface area contributed by atoms with Crippen LogP contribution >= 0.6 is 0 Å². The van der Waals surface area contributed by atoms with Crippen LogP contribution in [0.25, 0.3) is 0 Å². The topological polar surface area (TPSA) is 83.7 Å². The molecule has 0 bridgehead atoms. The van der Waals surface area contributed by atoms with Crippen molar-refractivity contribution in [3.8, 4) is 0 Å². The molecule has 8 nitrogen and oxygen atoms in total. The highest BCUT2D eigenvalue weighted by Crippen LogP contribution is 2.15. The first-order valence-electron chi connectivity index (χ1n) is 8.38. The number of aromatic nitrogens is 3. The lowest BCUT2D eigenvalue weighted by Gasteiger charge is -2.19. The number of rotatable bonds is 6. The maximum Gasteiger partial charge on any atom is 0.248 e. The number of aliphatic hydroxyl groups is 1. The first-order valence-corrected chi connectivity index (χ1v) is 8.38. The van der Waals surface area contributed by atoms with Gasteiger partial charge in [-0.2, -0.15) is 0 Å². The largest absolute Gasteiger partial charge is 0.387 e. The summed E-state index contributed by atoms with van der Waals surface area (Å²) in [5.41, 5.74) is 1.72. The van der Waals surface area contributed by atoms with Crippen LogP contribution in [0.5, 0.6) is 0 Å². The van der Waals surface area contributed by atoms with Crippen LogP contribution in [-0.2, 0) is 29.2 Å². The van der Waals surface area contributed by atoms with Gasteiger partial charge in [0.15, 0.2) is 0 Å². The SMILES string of the molecule is O=C(CO)N1CCCn2nnc(COCCN3CCCC3)c2C1. The Morgan fingerprint density at radius 3 is 2.78 bits per heavy atom. The van der Waals surface area contributed by atoms with Gasteiger partial charge in [0.05, 0.1) is 25.5 Å². The lowest BCUT2D eigenvalue weighted by Crippen LogP contribution is -2.33. The van der Waals surface area contributed by atoms with E-state index < -0.39 is 6.61 Å². The Balaban J connectivity index is 1.54. The first kappa shape index (κ1) is 16.4. The van der Waals surface area contributed by atoms with E-state index in [9.17, 15) is 4.79 Å². The Morgan fingerprint density at radius 2 is 2.00 bits per heavy atom. The number of fused-ring (bicyclic) bond motifs is 1. The Hall–Kier alpha value is -1.51. The number of nitrogens with zero attached hydrogens (tertiary/aromatic N) is 5. The minimum absolute atomic E-state index is 0.249. The van der Waals surface area contributed by atoms with E-state index in [2.05, 4.69) is 15.2 Å². The number of aryl methyl sites for hydroxylation is 1. The van der Waals surface area contributed by atoms with Gasteiger partial charge in [0.2, 0.25) is 5.91 Å². The molecule has 3 rings (SSSR count). The van der Waals surface area contributed by atoms with Gasteiger partial charge < -0.3 is 19.6 Å². The van der Waals surface area contributed by atoms with Crippen molar-refractivity contribution >= 4 is 5.91 Å². The number of likely N-dealkylation sites (tertiary alicyclic amines) is 1. The van der Waals surface area contributed by atoms with Crippen molar-refractivity contribution in [1.82, 2.24) is 24.8 Å². The maximum atomic E-state index is 11.8. The van der Waals surface area contributed by atoms with E-state index in [0.29, 0.717) is 26.3 Å². The van der Waals surface area contributed by atoms with Gasteiger partial charge >= 0.3 is 0 Å². The van der Waals surface area contributed by atoms with Crippen LogP contribution in [0.4, 0.5) is 0 Å². The summed E-state index contributed by atoms with van der Waals surface area (Å²) in [5, 5.41) is 17.4.